The molecule has 13 heteroatoms. The number of alkyl halides is 3. The molecule has 0 saturated heterocycles. The predicted molar refractivity (Wildman–Crippen MR) is 105 cm³/mol. The number of nitrogens with one attached hydrogen (secondary N) is 2. The lowest BCUT2D eigenvalue weighted by Gasteiger charge is -2.10. The highest BCUT2D eigenvalue weighted by Crippen LogP contribution is 2.30. The average Bonchev–Trinajstić information content (AvgIpc) is 3.01. The van der Waals surface area contributed by atoms with E-state index in [0.29, 0.717) is 11.9 Å². The van der Waals surface area contributed by atoms with Gasteiger partial charge < -0.3 is 10.6 Å². The zero-order valence-electron chi connectivity index (χ0n) is 15.5. The van der Waals surface area contributed by atoms with Crippen LogP contribution in [-0.2, 0) is 16.0 Å². The summed E-state index contributed by atoms with van der Waals surface area (Å²) in [6.45, 7) is 1.59. The van der Waals surface area contributed by atoms with Gasteiger partial charge in [-0.2, -0.15) is 17.5 Å². The molecule has 0 aliphatic rings. The van der Waals surface area contributed by atoms with E-state index in [1.165, 1.54) is 24.3 Å². The van der Waals surface area contributed by atoms with E-state index >= 15 is 0 Å². The maximum absolute atomic E-state index is 12.7. The molecule has 0 saturated carbocycles. The van der Waals surface area contributed by atoms with Gasteiger partial charge in [-0.3, -0.25) is 4.79 Å². The number of nitrogens with zero attached hydrogens (tertiary/aromatic N) is 3. The summed E-state index contributed by atoms with van der Waals surface area (Å²) in [4.78, 5) is 19.7. The second kappa shape index (κ2) is 7.99. The molecule has 0 fully saturated rings. The zero-order valence-corrected chi connectivity index (χ0v) is 17.1. The van der Waals surface area contributed by atoms with Gasteiger partial charge in [-0.05, 0) is 36.7 Å². The van der Waals surface area contributed by atoms with E-state index in [0.717, 1.165) is 24.0 Å². The number of carbonyl (C=O) groups is 1. The largest absolute Gasteiger partial charge is 0.434 e. The Hall–Kier alpha value is -3.06. The summed E-state index contributed by atoms with van der Waals surface area (Å²) in [5, 5.41) is 5.57. The van der Waals surface area contributed by atoms with Crippen LogP contribution in [0.15, 0.2) is 41.6 Å². The van der Waals surface area contributed by atoms with Crippen LogP contribution >= 0.6 is 11.5 Å². The molecular weight excluding hydrogens is 443 g/mol. The second-order valence-electron chi connectivity index (χ2n) is 6.14. The van der Waals surface area contributed by atoms with E-state index in [4.69, 9.17) is 0 Å². The number of hydrogen-bond acceptors (Lipinski definition) is 8. The van der Waals surface area contributed by atoms with Crippen molar-refractivity contribution in [1.29, 1.82) is 0 Å². The van der Waals surface area contributed by atoms with Crippen LogP contribution in [0.3, 0.4) is 0 Å². The Labute approximate surface area is 173 Å². The van der Waals surface area contributed by atoms with Crippen molar-refractivity contribution in [3.8, 4) is 0 Å². The summed E-state index contributed by atoms with van der Waals surface area (Å²) in [6, 6.07) is 5.73. The third kappa shape index (κ3) is 4.91. The summed E-state index contributed by atoms with van der Waals surface area (Å²) < 4.78 is 65.3. The molecule has 3 aromatic rings. The van der Waals surface area contributed by atoms with Crippen LogP contribution in [0.5, 0.6) is 0 Å². The normalized spacial score (nSPS) is 11.9. The van der Waals surface area contributed by atoms with Gasteiger partial charge in [0.15, 0.2) is 15.5 Å². The molecule has 0 radical (unpaired) electrons. The van der Waals surface area contributed by atoms with Crippen molar-refractivity contribution in [3.05, 3.63) is 53.6 Å². The minimum atomic E-state index is -4.61. The van der Waals surface area contributed by atoms with Crippen molar-refractivity contribution in [3.63, 3.8) is 0 Å². The molecule has 1 aromatic carbocycles. The van der Waals surface area contributed by atoms with Gasteiger partial charge in [-0.1, -0.05) is 6.07 Å². The molecule has 0 bridgehead atoms. The summed E-state index contributed by atoms with van der Waals surface area (Å²) in [5.41, 5.74) is -0.364. The molecule has 158 valence electrons. The van der Waals surface area contributed by atoms with E-state index in [1.807, 2.05) is 0 Å². The SMILES string of the molecule is Cc1nsc(Nc2cnc(C(F)(F)F)cn2)c1C(=O)Nc1cccc(S(C)(=O)=O)c1. The van der Waals surface area contributed by atoms with Crippen LogP contribution in [0.25, 0.3) is 0 Å². The van der Waals surface area contributed by atoms with Crippen molar-refractivity contribution in [2.45, 2.75) is 18.0 Å². The monoisotopic (exact) mass is 457 g/mol. The Morgan fingerprint density at radius 3 is 2.50 bits per heavy atom. The fraction of sp³-hybridized carbons (Fsp3) is 0.176. The molecular formula is C17H14F3N5O3S2. The Morgan fingerprint density at radius 1 is 1.17 bits per heavy atom. The maximum Gasteiger partial charge on any atom is 0.434 e. The Morgan fingerprint density at radius 2 is 1.90 bits per heavy atom. The number of aromatic nitrogens is 3. The van der Waals surface area contributed by atoms with E-state index < -0.39 is 27.6 Å². The van der Waals surface area contributed by atoms with Crippen LogP contribution in [0.1, 0.15) is 21.7 Å². The fourth-order valence-corrected chi connectivity index (χ4v) is 3.84. The van der Waals surface area contributed by atoms with Gasteiger partial charge in [0.25, 0.3) is 5.91 Å². The second-order valence-corrected chi connectivity index (χ2v) is 8.92. The standard InChI is InChI=1S/C17H14F3N5O3S2/c1-9-14(15(26)23-10-4-3-5-11(6-10)30(2,27)28)16(29-25-9)24-13-8-21-12(7-22-13)17(18,19)20/h3-8H,1-2H3,(H,22,24)(H,23,26). The third-order valence-electron chi connectivity index (χ3n) is 3.79. The van der Waals surface area contributed by atoms with E-state index in [1.54, 1.807) is 6.92 Å². The number of anilines is 3. The zero-order chi connectivity index (χ0) is 22.1. The van der Waals surface area contributed by atoms with Crippen LogP contribution in [-0.4, -0.2) is 34.9 Å². The van der Waals surface area contributed by atoms with Crippen LogP contribution in [0.2, 0.25) is 0 Å². The van der Waals surface area contributed by atoms with Gasteiger partial charge in [0, 0.05) is 11.9 Å². The average molecular weight is 457 g/mol. The quantitative estimate of drug-likeness (QED) is 0.601. The molecule has 1 amide bonds. The maximum atomic E-state index is 12.7. The lowest BCUT2D eigenvalue weighted by molar-refractivity contribution is -0.141. The van der Waals surface area contributed by atoms with Crippen molar-refractivity contribution < 1.29 is 26.4 Å². The number of sulfone groups is 1. The van der Waals surface area contributed by atoms with Gasteiger partial charge in [0.05, 0.1) is 28.5 Å². The van der Waals surface area contributed by atoms with Crippen molar-refractivity contribution in [1.82, 2.24) is 14.3 Å². The molecule has 2 N–H and O–H groups in total. The Bertz CT molecular complexity index is 1190. The van der Waals surface area contributed by atoms with Crippen molar-refractivity contribution >= 4 is 43.8 Å². The Kier molecular flexibility index (Phi) is 5.76. The highest BCUT2D eigenvalue weighted by atomic mass is 32.2. The molecule has 8 nitrogen and oxygen atoms in total. The lowest BCUT2D eigenvalue weighted by Crippen LogP contribution is -2.14. The van der Waals surface area contributed by atoms with Crippen molar-refractivity contribution in [2.24, 2.45) is 0 Å². The molecule has 2 heterocycles. The topological polar surface area (TPSA) is 114 Å². The number of halogens is 3. The number of aryl methyl sites for hydroxylation is 1. The number of carbonyl (C=O) groups excluding carboxylic acids is 1. The molecule has 2 aromatic heterocycles. The van der Waals surface area contributed by atoms with E-state index in [-0.39, 0.29) is 27.0 Å². The predicted octanol–water partition coefficient (Wildman–Crippen LogP) is 3.66. The third-order valence-corrected chi connectivity index (χ3v) is 5.76. The van der Waals surface area contributed by atoms with E-state index in [9.17, 15) is 26.4 Å². The van der Waals surface area contributed by atoms with Crippen molar-refractivity contribution in [2.75, 3.05) is 16.9 Å². The van der Waals surface area contributed by atoms with Crippen LogP contribution < -0.4 is 10.6 Å². The van der Waals surface area contributed by atoms with Crippen LogP contribution in [0.4, 0.5) is 29.7 Å². The van der Waals surface area contributed by atoms with Gasteiger partial charge in [-0.25, -0.2) is 18.4 Å². The first-order chi connectivity index (χ1) is 13.9. The highest BCUT2D eigenvalue weighted by molar-refractivity contribution is 7.90. The van der Waals surface area contributed by atoms with E-state index in [2.05, 4.69) is 25.0 Å². The van der Waals surface area contributed by atoms with Gasteiger partial charge in [-0.15, -0.1) is 0 Å². The molecule has 30 heavy (non-hydrogen) atoms. The summed E-state index contributed by atoms with van der Waals surface area (Å²) in [6.07, 6.45) is -2.09. The summed E-state index contributed by atoms with van der Waals surface area (Å²) in [7, 11) is -3.46. The van der Waals surface area contributed by atoms with Crippen LogP contribution in [0, 0.1) is 6.92 Å². The molecule has 0 spiro atoms. The minimum Gasteiger partial charge on any atom is -0.329 e. The lowest BCUT2D eigenvalue weighted by atomic mass is 10.2. The first kappa shape index (κ1) is 21.6. The number of rotatable bonds is 5. The van der Waals surface area contributed by atoms with Gasteiger partial charge >= 0.3 is 6.18 Å². The molecule has 0 aliphatic carbocycles. The van der Waals surface area contributed by atoms with Gasteiger partial charge in [0.1, 0.15) is 10.8 Å². The molecule has 0 unspecified atom stereocenters. The number of benzene rings is 1. The summed E-state index contributed by atoms with van der Waals surface area (Å²) >= 11 is 0.919. The first-order valence-electron chi connectivity index (χ1n) is 8.19. The number of amides is 1. The molecule has 0 aliphatic heterocycles. The first-order valence-corrected chi connectivity index (χ1v) is 10.9. The molecule has 0 atom stereocenters. The number of hydrogen-bond donors (Lipinski definition) is 2. The molecule has 3 rings (SSSR count). The minimum absolute atomic E-state index is 0.000210. The Balaban J connectivity index is 1.83. The van der Waals surface area contributed by atoms with Gasteiger partial charge in [0.2, 0.25) is 0 Å². The smallest absolute Gasteiger partial charge is 0.329 e. The highest BCUT2D eigenvalue weighted by Gasteiger charge is 2.32. The fourth-order valence-electron chi connectivity index (χ4n) is 2.38. The summed E-state index contributed by atoms with van der Waals surface area (Å²) in [5.74, 6) is -0.575.